The van der Waals surface area contributed by atoms with Crippen molar-refractivity contribution >= 4 is 24.0 Å². The molecule has 22 heavy (non-hydrogen) atoms. The molecule has 1 fully saturated rings. The van der Waals surface area contributed by atoms with Gasteiger partial charge in [-0.25, -0.2) is 0 Å². The molecule has 1 atom stereocenters. The molecular weight excluding hydrogens is 296 g/mol. The van der Waals surface area contributed by atoms with E-state index in [9.17, 15) is 4.79 Å². The Morgan fingerprint density at radius 3 is 2.68 bits per heavy atom. The minimum absolute atomic E-state index is 0. The van der Waals surface area contributed by atoms with Gasteiger partial charge in [0.1, 0.15) is 0 Å². The van der Waals surface area contributed by atoms with E-state index in [2.05, 4.69) is 29.7 Å². The lowest BCUT2D eigenvalue weighted by Crippen LogP contribution is -2.15. The van der Waals surface area contributed by atoms with E-state index < -0.39 is 0 Å². The third kappa shape index (κ3) is 6.80. The second-order valence-corrected chi connectivity index (χ2v) is 6.10. The zero-order valence-corrected chi connectivity index (χ0v) is 14.4. The second kappa shape index (κ2) is 10.6. The van der Waals surface area contributed by atoms with Crippen LogP contribution in [0.2, 0.25) is 0 Å². The molecule has 4 heteroatoms. The van der Waals surface area contributed by atoms with Gasteiger partial charge in [0.25, 0.3) is 0 Å². The lowest BCUT2D eigenvalue weighted by atomic mass is 10.0. The predicted octanol–water partition coefficient (Wildman–Crippen LogP) is 4.17. The molecule has 1 aromatic carbocycles. The standard InChI is InChI=1S/C18H28N2O.ClH/c1-2-3-4-5-15-6-9-17(10-7-15)20-18(21)11-8-16-12-13-19-14-16;/h6-7,9-10,16,19H,2-5,8,11-14H2,1H3,(H,20,21);1H. The summed E-state index contributed by atoms with van der Waals surface area (Å²) in [7, 11) is 0. The first kappa shape index (κ1) is 19.0. The van der Waals surface area contributed by atoms with Crippen molar-refractivity contribution in [1.82, 2.24) is 5.32 Å². The number of benzene rings is 1. The number of hydrogen-bond donors (Lipinski definition) is 2. The first-order valence-corrected chi connectivity index (χ1v) is 8.37. The number of aryl methyl sites for hydroxylation is 1. The van der Waals surface area contributed by atoms with Crippen LogP contribution in [0, 0.1) is 5.92 Å². The van der Waals surface area contributed by atoms with Gasteiger partial charge in [0.2, 0.25) is 5.91 Å². The van der Waals surface area contributed by atoms with E-state index in [0.29, 0.717) is 12.3 Å². The van der Waals surface area contributed by atoms with Gasteiger partial charge in [-0.15, -0.1) is 12.4 Å². The first-order chi connectivity index (χ1) is 10.3. The van der Waals surface area contributed by atoms with Crippen LogP contribution in [0.15, 0.2) is 24.3 Å². The van der Waals surface area contributed by atoms with Gasteiger partial charge in [-0.1, -0.05) is 31.9 Å². The molecule has 1 amide bonds. The summed E-state index contributed by atoms with van der Waals surface area (Å²) in [6.45, 7) is 4.39. The fourth-order valence-corrected chi connectivity index (χ4v) is 2.85. The van der Waals surface area contributed by atoms with Crippen molar-refractivity contribution in [3.05, 3.63) is 29.8 Å². The number of nitrogens with one attached hydrogen (secondary N) is 2. The molecule has 0 bridgehead atoms. The van der Waals surface area contributed by atoms with Crippen LogP contribution in [0.3, 0.4) is 0 Å². The Hall–Kier alpha value is -1.06. The average molecular weight is 325 g/mol. The minimum Gasteiger partial charge on any atom is -0.326 e. The highest BCUT2D eigenvalue weighted by Gasteiger charge is 2.15. The van der Waals surface area contributed by atoms with Gasteiger partial charge in [0.15, 0.2) is 0 Å². The number of carbonyl (C=O) groups excluding carboxylic acids is 1. The summed E-state index contributed by atoms with van der Waals surface area (Å²) in [6.07, 6.45) is 7.76. The van der Waals surface area contributed by atoms with Crippen LogP contribution in [-0.4, -0.2) is 19.0 Å². The molecular formula is C18H29ClN2O. The molecule has 2 N–H and O–H groups in total. The molecule has 0 spiro atoms. The molecule has 1 saturated heterocycles. The van der Waals surface area contributed by atoms with Crippen molar-refractivity contribution in [2.45, 2.75) is 51.9 Å². The summed E-state index contributed by atoms with van der Waals surface area (Å²) in [5.41, 5.74) is 2.28. The highest BCUT2D eigenvalue weighted by Crippen LogP contribution is 2.16. The molecule has 0 aliphatic carbocycles. The zero-order chi connectivity index (χ0) is 14.9. The fraction of sp³-hybridized carbons (Fsp3) is 0.611. The van der Waals surface area contributed by atoms with E-state index in [1.807, 2.05) is 12.1 Å². The zero-order valence-electron chi connectivity index (χ0n) is 13.6. The first-order valence-electron chi connectivity index (χ1n) is 8.37. The van der Waals surface area contributed by atoms with Crippen molar-refractivity contribution < 1.29 is 4.79 Å². The molecule has 1 aliphatic heterocycles. The maximum atomic E-state index is 11.9. The van der Waals surface area contributed by atoms with Gasteiger partial charge in [0, 0.05) is 12.1 Å². The molecule has 1 unspecified atom stereocenters. The number of rotatable bonds is 8. The Labute approximate surface area is 140 Å². The van der Waals surface area contributed by atoms with Gasteiger partial charge >= 0.3 is 0 Å². The van der Waals surface area contributed by atoms with Crippen molar-refractivity contribution in [2.75, 3.05) is 18.4 Å². The van der Waals surface area contributed by atoms with E-state index in [0.717, 1.165) is 31.6 Å². The number of carbonyl (C=O) groups is 1. The van der Waals surface area contributed by atoms with Gasteiger partial charge in [-0.2, -0.15) is 0 Å². The third-order valence-electron chi connectivity index (χ3n) is 4.25. The summed E-state index contributed by atoms with van der Waals surface area (Å²) in [5, 5.41) is 6.34. The highest BCUT2D eigenvalue weighted by molar-refractivity contribution is 5.90. The maximum Gasteiger partial charge on any atom is 0.224 e. The Kier molecular flexibility index (Phi) is 9.17. The molecule has 2 rings (SSSR count). The van der Waals surface area contributed by atoms with E-state index in [1.54, 1.807) is 0 Å². The number of anilines is 1. The number of hydrogen-bond acceptors (Lipinski definition) is 2. The van der Waals surface area contributed by atoms with E-state index >= 15 is 0 Å². The van der Waals surface area contributed by atoms with Gasteiger partial charge in [0.05, 0.1) is 0 Å². The molecule has 124 valence electrons. The Morgan fingerprint density at radius 2 is 2.05 bits per heavy atom. The van der Waals surface area contributed by atoms with Crippen LogP contribution >= 0.6 is 12.4 Å². The highest BCUT2D eigenvalue weighted by atomic mass is 35.5. The Bertz CT molecular complexity index is 427. The quantitative estimate of drug-likeness (QED) is 0.705. The van der Waals surface area contributed by atoms with Gasteiger partial charge in [-0.3, -0.25) is 4.79 Å². The number of unbranched alkanes of at least 4 members (excludes halogenated alkanes) is 2. The molecule has 0 radical (unpaired) electrons. The van der Waals surface area contributed by atoms with Crippen LogP contribution in [0.4, 0.5) is 5.69 Å². The van der Waals surface area contributed by atoms with Crippen LogP contribution in [0.25, 0.3) is 0 Å². The summed E-state index contributed by atoms with van der Waals surface area (Å²) in [5.74, 6) is 0.817. The Balaban J connectivity index is 0.00000242. The van der Waals surface area contributed by atoms with Gasteiger partial charge < -0.3 is 10.6 Å². The summed E-state index contributed by atoms with van der Waals surface area (Å²) in [6, 6.07) is 8.31. The molecule has 1 aromatic rings. The smallest absolute Gasteiger partial charge is 0.224 e. The van der Waals surface area contributed by atoms with Crippen LogP contribution in [-0.2, 0) is 11.2 Å². The monoisotopic (exact) mass is 324 g/mol. The summed E-state index contributed by atoms with van der Waals surface area (Å²) < 4.78 is 0. The number of halogens is 1. The van der Waals surface area contributed by atoms with Crippen molar-refractivity contribution in [3.8, 4) is 0 Å². The second-order valence-electron chi connectivity index (χ2n) is 6.10. The van der Waals surface area contributed by atoms with E-state index in [1.165, 1.54) is 31.2 Å². The van der Waals surface area contributed by atoms with Crippen molar-refractivity contribution in [3.63, 3.8) is 0 Å². The minimum atomic E-state index is 0. The lowest BCUT2D eigenvalue weighted by Gasteiger charge is -2.09. The van der Waals surface area contributed by atoms with Crippen LogP contribution in [0.1, 0.15) is 51.0 Å². The third-order valence-corrected chi connectivity index (χ3v) is 4.25. The van der Waals surface area contributed by atoms with E-state index in [-0.39, 0.29) is 18.3 Å². The van der Waals surface area contributed by atoms with Crippen molar-refractivity contribution in [2.24, 2.45) is 5.92 Å². The average Bonchev–Trinajstić information content (AvgIpc) is 3.01. The molecule has 0 saturated carbocycles. The molecule has 3 nitrogen and oxygen atoms in total. The van der Waals surface area contributed by atoms with Crippen LogP contribution in [0.5, 0.6) is 0 Å². The number of amides is 1. The predicted molar refractivity (Wildman–Crippen MR) is 95.8 cm³/mol. The molecule has 0 aromatic heterocycles. The maximum absolute atomic E-state index is 11.9. The summed E-state index contributed by atoms with van der Waals surface area (Å²) in [4.78, 5) is 11.9. The summed E-state index contributed by atoms with van der Waals surface area (Å²) >= 11 is 0. The lowest BCUT2D eigenvalue weighted by molar-refractivity contribution is -0.116. The van der Waals surface area contributed by atoms with Crippen LogP contribution < -0.4 is 10.6 Å². The largest absolute Gasteiger partial charge is 0.326 e. The normalized spacial score (nSPS) is 17.0. The van der Waals surface area contributed by atoms with Crippen molar-refractivity contribution in [1.29, 1.82) is 0 Å². The van der Waals surface area contributed by atoms with Gasteiger partial charge in [-0.05, 0) is 62.4 Å². The molecule has 1 aliphatic rings. The Morgan fingerprint density at radius 1 is 1.27 bits per heavy atom. The topological polar surface area (TPSA) is 41.1 Å². The fourth-order valence-electron chi connectivity index (χ4n) is 2.85. The molecule has 1 heterocycles. The van der Waals surface area contributed by atoms with E-state index in [4.69, 9.17) is 0 Å². The SMILES string of the molecule is CCCCCc1ccc(NC(=O)CCC2CCNC2)cc1.Cl.